The third-order valence-corrected chi connectivity index (χ3v) is 5.13. The van der Waals surface area contributed by atoms with Gasteiger partial charge in [-0.1, -0.05) is 0 Å². The summed E-state index contributed by atoms with van der Waals surface area (Å²) in [6, 6.07) is 4.79. The van der Waals surface area contributed by atoms with Crippen LogP contribution in [0.5, 0.6) is 11.5 Å². The number of nitrogens with one attached hydrogen (secondary N) is 2. The van der Waals surface area contributed by atoms with Gasteiger partial charge in [0.1, 0.15) is 0 Å². The maximum absolute atomic E-state index is 12.5. The van der Waals surface area contributed by atoms with Crippen molar-refractivity contribution in [3.63, 3.8) is 0 Å². The number of amides is 4. The van der Waals surface area contributed by atoms with Gasteiger partial charge >= 0.3 is 6.03 Å². The van der Waals surface area contributed by atoms with Crippen LogP contribution < -0.4 is 20.1 Å². The Labute approximate surface area is 163 Å². The fourth-order valence-corrected chi connectivity index (χ4v) is 3.62. The van der Waals surface area contributed by atoms with E-state index in [0.29, 0.717) is 43.2 Å². The first-order chi connectivity index (χ1) is 13.5. The molecule has 2 fully saturated rings. The molecule has 2 aliphatic rings. The minimum Gasteiger partial charge on any atom is -0.493 e. The van der Waals surface area contributed by atoms with Crippen molar-refractivity contribution in [3.8, 4) is 11.5 Å². The molecule has 0 radical (unpaired) electrons. The summed E-state index contributed by atoms with van der Waals surface area (Å²) >= 11 is 0. The minimum absolute atomic E-state index is 0.0294. The molecule has 1 aromatic rings. The summed E-state index contributed by atoms with van der Waals surface area (Å²) in [6.45, 7) is 2.35. The molecule has 2 saturated heterocycles. The van der Waals surface area contributed by atoms with Crippen molar-refractivity contribution < 1.29 is 23.9 Å². The number of methoxy groups -OCH3 is 2. The Balaban J connectivity index is 1.54. The SMILES string of the molecule is COc1ccc(C(=O)NCC(=O)N2CCCC(N3CCNC3=O)C2)cc1OC. The number of urea groups is 1. The molecule has 9 heteroatoms. The van der Waals surface area contributed by atoms with E-state index in [1.807, 2.05) is 0 Å². The molecule has 0 saturated carbocycles. The first-order valence-corrected chi connectivity index (χ1v) is 9.36. The molecule has 2 heterocycles. The Morgan fingerprint density at radius 2 is 2.00 bits per heavy atom. The Hall–Kier alpha value is -2.97. The van der Waals surface area contributed by atoms with Gasteiger partial charge in [-0.3, -0.25) is 9.59 Å². The Kier molecular flexibility index (Phi) is 6.23. The highest BCUT2D eigenvalue weighted by Crippen LogP contribution is 2.27. The number of hydrogen-bond donors (Lipinski definition) is 2. The van der Waals surface area contributed by atoms with Gasteiger partial charge in [0.2, 0.25) is 5.91 Å². The van der Waals surface area contributed by atoms with E-state index in [2.05, 4.69) is 10.6 Å². The lowest BCUT2D eigenvalue weighted by molar-refractivity contribution is -0.131. The lowest BCUT2D eigenvalue weighted by Crippen LogP contribution is -2.52. The number of rotatable bonds is 6. The minimum atomic E-state index is -0.359. The molecule has 1 atom stereocenters. The topological polar surface area (TPSA) is 100 Å². The highest BCUT2D eigenvalue weighted by molar-refractivity contribution is 5.97. The van der Waals surface area contributed by atoms with Crippen LogP contribution in [0.15, 0.2) is 18.2 Å². The van der Waals surface area contributed by atoms with Crippen LogP contribution in [0.2, 0.25) is 0 Å². The fraction of sp³-hybridized carbons (Fsp3) is 0.526. The van der Waals surface area contributed by atoms with Crippen LogP contribution in [0.4, 0.5) is 4.79 Å². The highest BCUT2D eigenvalue weighted by atomic mass is 16.5. The van der Waals surface area contributed by atoms with Crippen molar-refractivity contribution >= 4 is 17.8 Å². The van der Waals surface area contributed by atoms with E-state index in [1.54, 1.807) is 28.0 Å². The van der Waals surface area contributed by atoms with Crippen molar-refractivity contribution in [2.24, 2.45) is 0 Å². The molecule has 3 rings (SSSR count). The van der Waals surface area contributed by atoms with E-state index >= 15 is 0 Å². The molecule has 0 aliphatic carbocycles. The summed E-state index contributed by atoms with van der Waals surface area (Å²) in [5, 5.41) is 5.45. The van der Waals surface area contributed by atoms with Crippen LogP contribution in [0.25, 0.3) is 0 Å². The van der Waals surface area contributed by atoms with Crippen molar-refractivity contribution in [1.29, 1.82) is 0 Å². The average Bonchev–Trinajstić information content (AvgIpc) is 3.17. The zero-order valence-electron chi connectivity index (χ0n) is 16.2. The third kappa shape index (κ3) is 4.29. The van der Waals surface area contributed by atoms with E-state index in [1.165, 1.54) is 14.2 Å². The van der Waals surface area contributed by atoms with Crippen LogP contribution in [0.1, 0.15) is 23.2 Å². The van der Waals surface area contributed by atoms with Gasteiger partial charge in [-0.15, -0.1) is 0 Å². The molecule has 28 heavy (non-hydrogen) atoms. The number of ether oxygens (including phenoxy) is 2. The second-order valence-corrected chi connectivity index (χ2v) is 6.81. The number of likely N-dealkylation sites (tertiary alicyclic amines) is 1. The number of benzene rings is 1. The van der Waals surface area contributed by atoms with Crippen LogP contribution in [0, 0.1) is 0 Å². The van der Waals surface area contributed by atoms with Gasteiger partial charge in [-0.25, -0.2) is 4.79 Å². The van der Waals surface area contributed by atoms with Crippen molar-refractivity contribution in [3.05, 3.63) is 23.8 Å². The molecule has 1 aromatic carbocycles. The molecule has 0 spiro atoms. The first kappa shape index (κ1) is 19.8. The lowest BCUT2D eigenvalue weighted by atomic mass is 10.0. The number of carbonyl (C=O) groups is 3. The van der Waals surface area contributed by atoms with Gasteiger partial charge in [-0.2, -0.15) is 0 Å². The summed E-state index contributed by atoms with van der Waals surface area (Å²) in [4.78, 5) is 40.3. The van der Waals surface area contributed by atoms with Crippen LogP contribution in [-0.4, -0.2) is 80.6 Å². The fourth-order valence-electron chi connectivity index (χ4n) is 3.62. The second-order valence-electron chi connectivity index (χ2n) is 6.81. The molecule has 4 amide bonds. The average molecular weight is 390 g/mol. The predicted octanol–water partition coefficient (Wildman–Crippen LogP) is 0.450. The molecular formula is C19H26N4O5. The summed E-state index contributed by atoms with van der Waals surface area (Å²) < 4.78 is 10.4. The third-order valence-electron chi connectivity index (χ3n) is 5.13. The van der Waals surface area contributed by atoms with Crippen molar-refractivity contribution in [1.82, 2.24) is 20.4 Å². The van der Waals surface area contributed by atoms with Crippen LogP contribution in [-0.2, 0) is 4.79 Å². The van der Waals surface area contributed by atoms with Crippen molar-refractivity contribution in [2.75, 3.05) is 46.9 Å². The largest absolute Gasteiger partial charge is 0.493 e. The summed E-state index contributed by atoms with van der Waals surface area (Å²) in [6.07, 6.45) is 1.72. The zero-order chi connectivity index (χ0) is 20.1. The Morgan fingerprint density at radius 1 is 1.21 bits per heavy atom. The molecule has 9 nitrogen and oxygen atoms in total. The molecule has 0 aromatic heterocycles. The standard InChI is InChI=1S/C19H26N4O5/c1-27-15-6-5-13(10-16(15)28-2)18(25)21-11-17(24)22-8-3-4-14(12-22)23-9-7-20-19(23)26/h5-6,10,14H,3-4,7-9,11-12H2,1-2H3,(H,20,26)(H,21,25). The molecule has 2 aliphatic heterocycles. The number of hydrogen-bond acceptors (Lipinski definition) is 5. The molecule has 152 valence electrons. The molecule has 2 N–H and O–H groups in total. The Bertz CT molecular complexity index is 754. The van der Waals surface area contributed by atoms with Gasteiger partial charge in [0, 0.05) is 31.7 Å². The normalized spacial score (nSPS) is 19.2. The van der Waals surface area contributed by atoms with Gasteiger partial charge in [0.15, 0.2) is 11.5 Å². The number of piperidine rings is 1. The maximum Gasteiger partial charge on any atom is 0.317 e. The van der Waals surface area contributed by atoms with Gasteiger partial charge in [0.25, 0.3) is 5.91 Å². The Morgan fingerprint density at radius 3 is 2.68 bits per heavy atom. The predicted molar refractivity (Wildman–Crippen MR) is 102 cm³/mol. The van der Waals surface area contributed by atoms with Crippen LogP contribution in [0.3, 0.4) is 0 Å². The van der Waals surface area contributed by atoms with E-state index < -0.39 is 0 Å². The molecule has 0 bridgehead atoms. The summed E-state index contributed by atoms with van der Waals surface area (Å²) in [7, 11) is 3.02. The van der Waals surface area contributed by atoms with E-state index in [-0.39, 0.29) is 30.4 Å². The quantitative estimate of drug-likeness (QED) is 0.735. The van der Waals surface area contributed by atoms with E-state index in [4.69, 9.17) is 9.47 Å². The smallest absolute Gasteiger partial charge is 0.317 e. The number of nitrogens with zero attached hydrogens (tertiary/aromatic N) is 2. The van der Waals surface area contributed by atoms with E-state index in [9.17, 15) is 14.4 Å². The van der Waals surface area contributed by atoms with Crippen molar-refractivity contribution in [2.45, 2.75) is 18.9 Å². The maximum atomic E-state index is 12.5. The molecule has 1 unspecified atom stereocenters. The van der Waals surface area contributed by atoms with Gasteiger partial charge in [-0.05, 0) is 31.0 Å². The van der Waals surface area contributed by atoms with E-state index in [0.717, 1.165) is 12.8 Å². The summed E-state index contributed by atoms with van der Waals surface area (Å²) in [5.74, 6) is 0.463. The monoisotopic (exact) mass is 390 g/mol. The zero-order valence-corrected chi connectivity index (χ0v) is 16.2. The number of carbonyl (C=O) groups excluding carboxylic acids is 3. The van der Waals surface area contributed by atoms with Gasteiger partial charge < -0.3 is 29.9 Å². The van der Waals surface area contributed by atoms with Crippen LogP contribution >= 0.6 is 0 Å². The summed E-state index contributed by atoms with van der Waals surface area (Å²) in [5.41, 5.74) is 0.385. The molecular weight excluding hydrogens is 364 g/mol. The second kappa shape index (κ2) is 8.81. The lowest BCUT2D eigenvalue weighted by Gasteiger charge is -2.37. The van der Waals surface area contributed by atoms with Gasteiger partial charge in [0.05, 0.1) is 26.8 Å². The first-order valence-electron chi connectivity index (χ1n) is 9.36. The highest BCUT2D eigenvalue weighted by Gasteiger charge is 2.32.